The summed E-state index contributed by atoms with van der Waals surface area (Å²) in [5.74, 6) is -1.99. The average molecular weight is 895 g/mol. The van der Waals surface area contributed by atoms with E-state index in [1.807, 2.05) is 21.1 Å². The molecule has 0 spiro atoms. The molecule has 0 saturated heterocycles. The Kier molecular flexibility index (Phi) is 45.1. The van der Waals surface area contributed by atoms with E-state index in [0.717, 1.165) is 51.4 Å². The second kappa shape index (κ2) is 46.6. The van der Waals surface area contributed by atoms with Crippen LogP contribution in [-0.2, 0) is 33.3 Å². The molecule has 0 aromatic rings. The van der Waals surface area contributed by atoms with Crippen LogP contribution in [0.1, 0.15) is 258 Å². The largest absolute Gasteiger partial charge is 0.477 e. The van der Waals surface area contributed by atoms with Gasteiger partial charge in [-0.1, -0.05) is 219 Å². The van der Waals surface area contributed by atoms with Gasteiger partial charge in [0, 0.05) is 12.8 Å². The molecule has 63 heavy (non-hydrogen) atoms. The molecule has 0 aromatic carbocycles. The topological polar surface area (TPSA) is 108 Å². The maximum Gasteiger partial charge on any atom is 0.361 e. The molecule has 0 rings (SSSR count). The van der Waals surface area contributed by atoms with Gasteiger partial charge < -0.3 is 28.5 Å². The SMILES string of the molecule is CCCCCCCCC/C=C\CCCCCCCCCC(=O)OC(COC(=O)CCCCCCCCCCCCCCCCCCCCCC)COC(OCC[N+](C)(C)C)C(=O)O. The zero-order valence-electron chi connectivity index (χ0n) is 42.3. The second-order valence-electron chi connectivity index (χ2n) is 19.5. The van der Waals surface area contributed by atoms with Crippen LogP contribution in [0.5, 0.6) is 0 Å². The lowest BCUT2D eigenvalue weighted by atomic mass is 10.0. The van der Waals surface area contributed by atoms with Crippen LogP contribution < -0.4 is 0 Å². The number of carboxylic acid groups (broad SMARTS) is 1. The van der Waals surface area contributed by atoms with Gasteiger partial charge in [0.05, 0.1) is 34.4 Å². The predicted octanol–water partition coefficient (Wildman–Crippen LogP) is 15.0. The van der Waals surface area contributed by atoms with Crippen molar-refractivity contribution in [3.63, 3.8) is 0 Å². The van der Waals surface area contributed by atoms with Gasteiger partial charge in [0.2, 0.25) is 0 Å². The van der Waals surface area contributed by atoms with Crippen molar-refractivity contribution >= 4 is 17.9 Å². The molecular weight excluding hydrogens is 791 g/mol. The molecule has 0 saturated carbocycles. The van der Waals surface area contributed by atoms with Gasteiger partial charge in [-0.2, -0.15) is 0 Å². The molecule has 0 amide bonds. The van der Waals surface area contributed by atoms with E-state index < -0.39 is 24.3 Å². The number of carbonyl (C=O) groups excluding carboxylic acids is 2. The van der Waals surface area contributed by atoms with Crippen molar-refractivity contribution in [3.8, 4) is 0 Å². The maximum absolute atomic E-state index is 12.8. The molecule has 1 N–H and O–H groups in total. The predicted molar refractivity (Wildman–Crippen MR) is 263 cm³/mol. The van der Waals surface area contributed by atoms with E-state index in [4.69, 9.17) is 18.9 Å². The van der Waals surface area contributed by atoms with Crippen molar-refractivity contribution in [1.82, 2.24) is 0 Å². The number of ether oxygens (including phenoxy) is 4. The van der Waals surface area contributed by atoms with Gasteiger partial charge in [-0.15, -0.1) is 0 Å². The van der Waals surface area contributed by atoms with E-state index in [1.54, 1.807) is 0 Å². The summed E-state index contributed by atoms with van der Waals surface area (Å²) in [5, 5.41) is 9.68. The smallest absolute Gasteiger partial charge is 0.361 e. The Hall–Kier alpha value is -1.97. The summed E-state index contributed by atoms with van der Waals surface area (Å²) in [7, 11) is 5.97. The number of carbonyl (C=O) groups is 3. The number of unbranched alkanes of at least 4 members (excludes halogenated alkanes) is 33. The van der Waals surface area contributed by atoms with Crippen LogP contribution in [0.3, 0.4) is 0 Å². The van der Waals surface area contributed by atoms with Crippen LogP contribution in [0.2, 0.25) is 0 Å². The van der Waals surface area contributed by atoms with E-state index in [2.05, 4.69) is 26.0 Å². The molecule has 9 nitrogen and oxygen atoms in total. The highest BCUT2D eigenvalue weighted by atomic mass is 16.7. The van der Waals surface area contributed by atoms with E-state index in [-0.39, 0.29) is 32.2 Å². The number of likely N-dealkylation sites (N-methyl/N-ethyl adjacent to an activating group) is 1. The number of hydrogen-bond acceptors (Lipinski definition) is 7. The van der Waals surface area contributed by atoms with Crippen molar-refractivity contribution in [3.05, 3.63) is 12.2 Å². The fourth-order valence-electron chi connectivity index (χ4n) is 7.83. The maximum atomic E-state index is 12.8. The minimum absolute atomic E-state index is 0.177. The number of hydrogen-bond donors (Lipinski definition) is 1. The normalized spacial score (nSPS) is 12.8. The second-order valence-corrected chi connectivity index (χ2v) is 19.5. The summed E-state index contributed by atoms with van der Waals surface area (Å²) in [5.41, 5.74) is 0. The summed E-state index contributed by atoms with van der Waals surface area (Å²) >= 11 is 0. The van der Waals surface area contributed by atoms with E-state index >= 15 is 0 Å². The van der Waals surface area contributed by atoms with Crippen LogP contribution in [-0.4, -0.2) is 87.4 Å². The minimum Gasteiger partial charge on any atom is -0.477 e. The number of rotatable bonds is 50. The Bertz CT molecular complexity index is 1040. The number of allylic oxidation sites excluding steroid dienone is 2. The fourth-order valence-corrected chi connectivity index (χ4v) is 7.83. The van der Waals surface area contributed by atoms with E-state index in [9.17, 15) is 19.5 Å². The lowest BCUT2D eigenvalue weighted by molar-refractivity contribution is -0.870. The van der Waals surface area contributed by atoms with Crippen molar-refractivity contribution in [2.75, 3.05) is 47.5 Å². The summed E-state index contributed by atoms with van der Waals surface area (Å²) in [6.45, 7) is 4.91. The molecule has 0 aliphatic rings. The zero-order valence-corrected chi connectivity index (χ0v) is 42.3. The van der Waals surface area contributed by atoms with E-state index in [1.165, 1.54) is 180 Å². The highest BCUT2D eigenvalue weighted by Crippen LogP contribution is 2.17. The van der Waals surface area contributed by atoms with Gasteiger partial charge >= 0.3 is 17.9 Å². The molecule has 0 heterocycles. The average Bonchev–Trinajstić information content (AvgIpc) is 3.24. The third-order valence-corrected chi connectivity index (χ3v) is 12.0. The molecule has 372 valence electrons. The van der Waals surface area contributed by atoms with Gasteiger partial charge in [0.25, 0.3) is 6.29 Å². The van der Waals surface area contributed by atoms with Crippen molar-refractivity contribution in [2.45, 2.75) is 270 Å². The Balaban J connectivity index is 4.28. The van der Waals surface area contributed by atoms with E-state index in [0.29, 0.717) is 17.4 Å². The first-order valence-electron chi connectivity index (χ1n) is 26.9. The standard InChI is InChI=1S/C54H103NO8/c1-6-8-10-12-14-16-18-20-22-24-26-27-29-30-32-34-36-38-40-42-44-51(56)61-48-50(49-62-54(53(58)59)60-47-46-55(3,4)5)63-52(57)45-43-41-39-37-35-33-31-28-25-23-21-19-17-15-13-11-9-7-2/h23,25,50,54H,6-22,24,26-49H2,1-5H3/p+1/b25-23-. The van der Waals surface area contributed by atoms with Gasteiger partial charge in [-0.25, -0.2) is 4.79 Å². The number of aliphatic carboxylic acids is 1. The number of carboxylic acids is 1. The highest BCUT2D eigenvalue weighted by Gasteiger charge is 2.25. The molecule has 0 radical (unpaired) electrons. The summed E-state index contributed by atoms with van der Waals surface area (Å²) < 4.78 is 22.8. The summed E-state index contributed by atoms with van der Waals surface area (Å²) in [4.78, 5) is 37.3. The number of quaternary nitrogens is 1. The first-order chi connectivity index (χ1) is 30.6. The van der Waals surface area contributed by atoms with Crippen molar-refractivity contribution in [1.29, 1.82) is 0 Å². The summed E-state index contributed by atoms with van der Waals surface area (Å²) in [6.07, 6.45) is 48.4. The van der Waals surface area contributed by atoms with Crippen molar-refractivity contribution < 1.29 is 42.9 Å². The first-order valence-corrected chi connectivity index (χ1v) is 26.9. The van der Waals surface area contributed by atoms with Crippen LogP contribution >= 0.6 is 0 Å². The van der Waals surface area contributed by atoms with Crippen LogP contribution in [0.15, 0.2) is 12.2 Å². The van der Waals surface area contributed by atoms with Crippen LogP contribution in [0, 0.1) is 0 Å². The lowest BCUT2D eigenvalue weighted by Gasteiger charge is -2.25. The molecule has 0 aliphatic carbocycles. The third kappa shape index (κ3) is 47.8. The Morgan fingerprint density at radius 2 is 0.810 bits per heavy atom. The third-order valence-electron chi connectivity index (χ3n) is 12.0. The van der Waals surface area contributed by atoms with Gasteiger partial charge in [-0.05, 0) is 38.5 Å². The highest BCUT2D eigenvalue weighted by molar-refractivity contribution is 5.71. The minimum atomic E-state index is -1.51. The quantitative estimate of drug-likeness (QED) is 0.0211. The monoisotopic (exact) mass is 895 g/mol. The Morgan fingerprint density at radius 1 is 0.460 bits per heavy atom. The zero-order chi connectivity index (χ0) is 46.3. The summed E-state index contributed by atoms with van der Waals surface area (Å²) in [6, 6.07) is 0. The first kappa shape index (κ1) is 61.0. The Morgan fingerprint density at radius 3 is 1.17 bits per heavy atom. The molecule has 9 heteroatoms. The fraction of sp³-hybridized carbons (Fsp3) is 0.907. The molecule has 0 aromatic heterocycles. The van der Waals surface area contributed by atoms with Gasteiger partial charge in [0.15, 0.2) is 6.10 Å². The van der Waals surface area contributed by atoms with Crippen molar-refractivity contribution in [2.24, 2.45) is 0 Å². The molecule has 0 bridgehead atoms. The van der Waals surface area contributed by atoms with Crippen LogP contribution in [0.25, 0.3) is 0 Å². The molecule has 2 unspecified atom stereocenters. The van der Waals surface area contributed by atoms with Gasteiger partial charge in [0.1, 0.15) is 13.2 Å². The van der Waals surface area contributed by atoms with Crippen LogP contribution in [0.4, 0.5) is 0 Å². The number of esters is 2. The number of nitrogens with zero attached hydrogens (tertiary/aromatic N) is 1. The van der Waals surface area contributed by atoms with Gasteiger partial charge in [-0.3, -0.25) is 9.59 Å². The molecular formula is C54H104NO8+. The lowest BCUT2D eigenvalue weighted by Crippen LogP contribution is -2.40. The molecule has 2 atom stereocenters. The molecule has 0 aliphatic heterocycles. The Labute approximate surface area is 389 Å². The molecule has 0 fully saturated rings.